The number of hydrogen-bond acceptors (Lipinski definition) is 5. The second kappa shape index (κ2) is 7.90. The van der Waals surface area contributed by atoms with Crippen LogP contribution in [0.25, 0.3) is 0 Å². The van der Waals surface area contributed by atoms with Crippen LogP contribution in [0.4, 0.5) is 10.1 Å². The Morgan fingerprint density at radius 3 is 2.33 bits per heavy atom. The lowest BCUT2D eigenvalue weighted by atomic mass is 10.1. The van der Waals surface area contributed by atoms with Crippen LogP contribution in [-0.4, -0.2) is 61.7 Å². The molecule has 2 aromatic rings. The fourth-order valence-corrected chi connectivity index (χ4v) is 5.45. The molecule has 0 N–H and O–H groups in total. The molecule has 7 nitrogen and oxygen atoms in total. The van der Waals surface area contributed by atoms with Crippen LogP contribution in [0.3, 0.4) is 0 Å². The molecule has 2 aliphatic heterocycles. The molecule has 0 radical (unpaired) electrons. The summed E-state index contributed by atoms with van der Waals surface area (Å²) in [6, 6.07) is 11.5. The van der Waals surface area contributed by atoms with Gasteiger partial charge >= 0.3 is 0 Å². The third kappa shape index (κ3) is 3.64. The van der Waals surface area contributed by atoms with Crippen molar-refractivity contribution in [2.24, 2.45) is 0 Å². The summed E-state index contributed by atoms with van der Waals surface area (Å²) in [5.41, 5.74) is 1.42. The van der Waals surface area contributed by atoms with E-state index < -0.39 is 21.9 Å². The molecular formula is C21H22FN3O4S. The zero-order chi connectivity index (χ0) is 21.5. The van der Waals surface area contributed by atoms with E-state index in [1.807, 2.05) is 24.0 Å². The Labute approximate surface area is 174 Å². The Hall–Kier alpha value is -2.62. The zero-order valence-electron chi connectivity index (χ0n) is 16.5. The Kier molecular flexibility index (Phi) is 5.44. The van der Waals surface area contributed by atoms with Crippen LogP contribution in [0, 0.1) is 12.7 Å². The third-order valence-corrected chi connectivity index (χ3v) is 7.52. The topological polar surface area (TPSA) is 78.0 Å². The van der Waals surface area contributed by atoms with Gasteiger partial charge in [-0.15, -0.1) is 0 Å². The molecular weight excluding hydrogens is 409 g/mol. The first kappa shape index (κ1) is 20.6. The first-order valence-corrected chi connectivity index (χ1v) is 11.2. The number of carbonyl (C=O) groups is 2. The molecule has 158 valence electrons. The van der Waals surface area contributed by atoms with E-state index in [9.17, 15) is 22.4 Å². The lowest BCUT2D eigenvalue weighted by Gasteiger charge is -2.36. The minimum absolute atomic E-state index is 0.0732. The summed E-state index contributed by atoms with van der Waals surface area (Å²) in [5, 5.41) is 0. The van der Waals surface area contributed by atoms with Gasteiger partial charge in [0.1, 0.15) is 5.82 Å². The van der Waals surface area contributed by atoms with E-state index in [4.69, 9.17) is 0 Å². The lowest BCUT2D eigenvalue weighted by molar-refractivity contribution is -0.123. The van der Waals surface area contributed by atoms with Crippen LogP contribution in [0.15, 0.2) is 53.4 Å². The number of imide groups is 1. The molecule has 0 bridgehead atoms. The predicted molar refractivity (Wildman–Crippen MR) is 109 cm³/mol. The van der Waals surface area contributed by atoms with Crippen LogP contribution in [0.2, 0.25) is 0 Å². The van der Waals surface area contributed by atoms with E-state index in [2.05, 4.69) is 0 Å². The highest BCUT2D eigenvalue weighted by Gasteiger charge is 2.44. The highest BCUT2D eigenvalue weighted by atomic mass is 32.2. The number of rotatable bonds is 4. The van der Waals surface area contributed by atoms with Crippen LogP contribution in [-0.2, 0) is 19.6 Å². The second-order valence-corrected chi connectivity index (χ2v) is 9.41. The first-order valence-electron chi connectivity index (χ1n) is 9.71. The van der Waals surface area contributed by atoms with Crippen LogP contribution >= 0.6 is 0 Å². The van der Waals surface area contributed by atoms with Crippen molar-refractivity contribution in [3.8, 4) is 0 Å². The molecule has 9 heteroatoms. The molecule has 0 saturated carbocycles. The minimum Gasteiger partial charge on any atom is -0.289 e. The Balaban J connectivity index is 1.46. The monoisotopic (exact) mass is 431 g/mol. The Morgan fingerprint density at radius 2 is 1.67 bits per heavy atom. The molecule has 1 atom stereocenters. The third-order valence-electron chi connectivity index (χ3n) is 5.63. The average Bonchev–Trinajstić information content (AvgIpc) is 3.02. The summed E-state index contributed by atoms with van der Waals surface area (Å²) in [6.45, 7) is 2.82. The summed E-state index contributed by atoms with van der Waals surface area (Å²) >= 11 is 0. The van der Waals surface area contributed by atoms with Gasteiger partial charge < -0.3 is 0 Å². The van der Waals surface area contributed by atoms with E-state index in [0.29, 0.717) is 18.8 Å². The van der Waals surface area contributed by atoms with E-state index in [0.717, 1.165) is 11.6 Å². The maximum atomic E-state index is 13.5. The molecule has 2 aliphatic rings. The SMILES string of the molecule is Cc1ccccc1N1C(=O)C[C@@H](N2CCN(S(=O)(=O)c3cccc(F)c3)CC2)C1=O. The molecule has 0 aromatic heterocycles. The maximum Gasteiger partial charge on any atom is 0.251 e. The molecule has 0 aliphatic carbocycles. The van der Waals surface area contributed by atoms with E-state index in [1.165, 1.54) is 27.4 Å². The Bertz CT molecular complexity index is 1100. The van der Waals surface area contributed by atoms with Gasteiger partial charge in [0.2, 0.25) is 15.9 Å². The van der Waals surface area contributed by atoms with E-state index in [1.54, 1.807) is 12.1 Å². The van der Waals surface area contributed by atoms with E-state index in [-0.39, 0.29) is 36.2 Å². The number of sulfonamides is 1. The zero-order valence-corrected chi connectivity index (χ0v) is 17.3. The molecule has 4 rings (SSSR count). The van der Waals surface area contributed by atoms with Crippen molar-refractivity contribution in [2.45, 2.75) is 24.3 Å². The Morgan fingerprint density at radius 1 is 0.967 bits per heavy atom. The van der Waals surface area contributed by atoms with Gasteiger partial charge in [-0.1, -0.05) is 24.3 Å². The second-order valence-electron chi connectivity index (χ2n) is 7.47. The van der Waals surface area contributed by atoms with Crippen molar-refractivity contribution in [3.63, 3.8) is 0 Å². The summed E-state index contributed by atoms with van der Waals surface area (Å²) < 4.78 is 40.3. The molecule has 0 spiro atoms. The number of carbonyl (C=O) groups excluding carboxylic acids is 2. The molecule has 2 fully saturated rings. The lowest BCUT2D eigenvalue weighted by Crippen LogP contribution is -2.53. The van der Waals surface area contributed by atoms with Crippen molar-refractivity contribution in [3.05, 3.63) is 59.9 Å². The smallest absolute Gasteiger partial charge is 0.251 e. The van der Waals surface area contributed by atoms with Gasteiger partial charge in [0, 0.05) is 26.2 Å². The number of nitrogens with zero attached hydrogens (tertiary/aromatic N) is 3. The van der Waals surface area contributed by atoms with Gasteiger partial charge in [-0.3, -0.25) is 14.5 Å². The maximum absolute atomic E-state index is 13.5. The number of anilines is 1. The van der Waals surface area contributed by atoms with Crippen LogP contribution < -0.4 is 4.90 Å². The van der Waals surface area contributed by atoms with Gasteiger partial charge in [-0.25, -0.2) is 17.7 Å². The number of benzene rings is 2. The van der Waals surface area contributed by atoms with Crippen molar-refractivity contribution in [1.29, 1.82) is 0 Å². The molecule has 2 amide bonds. The molecule has 2 saturated heterocycles. The van der Waals surface area contributed by atoms with Gasteiger partial charge in [-0.05, 0) is 36.8 Å². The number of hydrogen-bond donors (Lipinski definition) is 0. The largest absolute Gasteiger partial charge is 0.289 e. The number of aryl methyl sites for hydroxylation is 1. The summed E-state index contributed by atoms with van der Waals surface area (Å²) in [4.78, 5) is 28.6. The number of halogens is 1. The average molecular weight is 431 g/mol. The van der Waals surface area contributed by atoms with Gasteiger partial charge in [-0.2, -0.15) is 4.31 Å². The summed E-state index contributed by atoms with van der Waals surface area (Å²) in [7, 11) is -3.81. The highest BCUT2D eigenvalue weighted by Crippen LogP contribution is 2.29. The molecule has 30 heavy (non-hydrogen) atoms. The molecule has 0 unspecified atom stereocenters. The predicted octanol–water partition coefficient (Wildman–Crippen LogP) is 1.77. The minimum atomic E-state index is -3.81. The van der Waals surface area contributed by atoms with Gasteiger partial charge in [0.15, 0.2) is 0 Å². The van der Waals surface area contributed by atoms with Gasteiger partial charge in [0.05, 0.1) is 23.0 Å². The molecule has 2 aromatic carbocycles. The molecule has 2 heterocycles. The first-order chi connectivity index (χ1) is 14.3. The number of piperazine rings is 1. The fraction of sp³-hybridized carbons (Fsp3) is 0.333. The highest BCUT2D eigenvalue weighted by molar-refractivity contribution is 7.89. The van der Waals surface area contributed by atoms with Crippen molar-refractivity contribution >= 4 is 27.5 Å². The van der Waals surface area contributed by atoms with Crippen LogP contribution in [0.1, 0.15) is 12.0 Å². The van der Waals surface area contributed by atoms with E-state index >= 15 is 0 Å². The number of para-hydroxylation sites is 1. The quantitative estimate of drug-likeness (QED) is 0.690. The van der Waals surface area contributed by atoms with Gasteiger partial charge in [0.25, 0.3) is 5.91 Å². The summed E-state index contributed by atoms with van der Waals surface area (Å²) in [5.74, 6) is -1.15. The normalized spacial score (nSPS) is 21.4. The summed E-state index contributed by atoms with van der Waals surface area (Å²) in [6.07, 6.45) is 0.0732. The number of amides is 2. The van der Waals surface area contributed by atoms with Crippen molar-refractivity contribution in [1.82, 2.24) is 9.21 Å². The fourth-order valence-electron chi connectivity index (χ4n) is 4.00. The van der Waals surface area contributed by atoms with Crippen molar-refractivity contribution in [2.75, 3.05) is 31.1 Å². The standard InChI is InChI=1S/C21H22FN3O4S/c1-15-5-2-3-8-18(15)25-20(26)14-19(21(25)27)23-9-11-24(12-10-23)30(28,29)17-7-4-6-16(22)13-17/h2-8,13,19H,9-12,14H2,1H3/t19-/m1/s1. The van der Waals surface area contributed by atoms with Crippen molar-refractivity contribution < 1.29 is 22.4 Å². The van der Waals surface area contributed by atoms with Crippen LogP contribution in [0.5, 0.6) is 0 Å².